The molecule has 0 amide bonds. The number of nitriles is 1. The summed E-state index contributed by atoms with van der Waals surface area (Å²) in [5.41, 5.74) is 4.53. The summed E-state index contributed by atoms with van der Waals surface area (Å²) >= 11 is 0. The standard InChI is InChI=1S/C28H30N4O3/c29-19-23-18-22(6-9-27(23)35-20-25-3-1-2-14-34-25)26-10-11-30-28(31-26)17-21-4-7-24(8-5-21)32-12-15-33-16-13-32/h4-11,18,25H,1-3,12-17,20H2. The molecule has 1 aromatic heterocycles. The fourth-order valence-corrected chi connectivity index (χ4v) is 4.50. The molecule has 7 heteroatoms. The Morgan fingerprint density at radius 2 is 1.89 bits per heavy atom. The number of hydrogen-bond acceptors (Lipinski definition) is 7. The molecule has 0 radical (unpaired) electrons. The molecule has 0 spiro atoms. The van der Waals surface area contributed by atoms with Crippen LogP contribution in [-0.4, -0.2) is 55.6 Å². The summed E-state index contributed by atoms with van der Waals surface area (Å²) in [7, 11) is 0. The van der Waals surface area contributed by atoms with Gasteiger partial charge in [0.05, 0.1) is 30.6 Å². The van der Waals surface area contributed by atoms with Crippen molar-refractivity contribution in [1.29, 1.82) is 5.26 Å². The van der Waals surface area contributed by atoms with Gasteiger partial charge in [-0.3, -0.25) is 0 Å². The van der Waals surface area contributed by atoms with Crippen molar-refractivity contribution >= 4 is 5.69 Å². The minimum absolute atomic E-state index is 0.0994. The lowest BCUT2D eigenvalue weighted by Crippen LogP contribution is -2.36. The van der Waals surface area contributed by atoms with Crippen molar-refractivity contribution in [3.63, 3.8) is 0 Å². The number of morpholine rings is 1. The minimum atomic E-state index is 0.0994. The molecule has 0 saturated carbocycles. The summed E-state index contributed by atoms with van der Waals surface area (Å²) in [4.78, 5) is 11.6. The third-order valence-electron chi connectivity index (χ3n) is 6.47. The molecule has 180 valence electrons. The first kappa shape index (κ1) is 23.3. The van der Waals surface area contributed by atoms with Crippen LogP contribution < -0.4 is 9.64 Å². The second kappa shape index (κ2) is 11.3. The van der Waals surface area contributed by atoms with E-state index >= 15 is 0 Å². The summed E-state index contributed by atoms with van der Waals surface area (Å²) in [6, 6.07) is 18.3. The Bertz CT molecular complexity index is 1160. The van der Waals surface area contributed by atoms with Crippen molar-refractivity contribution in [1.82, 2.24) is 9.97 Å². The molecule has 0 bridgehead atoms. The molecule has 0 aliphatic carbocycles. The predicted octanol–water partition coefficient (Wildman–Crippen LogP) is 4.39. The van der Waals surface area contributed by atoms with Gasteiger partial charge in [-0.1, -0.05) is 12.1 Å². The zero-order valence-corrected chi connectivity index (χ0v) is 19.9. The summed E-state index contributed by atoms with van der Waals surface area (Å²) in [5.74, 6) is 1.33. The maximum atomic E-state index is 9.69. The largest absolute Gasteiger partial charge is 0.489 e. The number of aromatic nitrogens is 2. The van der Waals surface area contributed by atoms with E-state index in [1.54, 1.807) is 6.20 Å². The minimum Gasteiger partial charge on any atom is -0.489 e. The van der Waals surface area contributed by atoms with Crippen LogP contribution in [0.3, 0.4) is 0 Å². The van der Waals surface area contributed by atoms with Crippen molar-refractivity contribution in [2.24, 2.45) is 0 Å². The molecule has 3 aromatic rings. The van der Waals surface area contributed by atoms with Crippen molar-refractivity contribution < 1.29 is 14.2 Å². The normalized spacial score (nSPS) is 18.1. The van der Waals surface area contributed by atoms with E-state index in [1.165, 1.54) is 5.69 Å². The van der Waals surface area contributed by atoms with Crippen LogP contribution in [0, 0.1) is 11.3 Å². The number of rotatable bonds is 7. The van der Waals surface area contributed by atoms with Crippen molar-refractivity contribution in [3.05, 3.63) is 71.7 Å². The van der Waals surface area contributed by atoms with Gasteiger partial charge in [-0.05, 0) is 61.2 Å². The van der Waals surface area contributed by atoms with Gasteiger partial charge in [-0.15, -0.1) is 0 Å². The van der Waals surface area contributed by atoms with Gasteiger partial charge in [0.15, 0.2) is 0 Å². The molecule has 35 heavy (non-hydrogen) atoms. The van der Waals surface area contributed by atoms with Crippen LogP contribution in [0.25, 0.3) is 11.3 Å². The molecule has 7 nitrogen and oxygen atoms in total. The van der Waals surface area contributed by atoms with Gasteiger partial charge < -0.3 is 19.1 Å². The van der Waals surface area contributed by atoms with E-state index in [2.05, 4.69) is 40.2 Å². The van der Waals surface area contributed by atoms with E-state index in [0.717, 1.165) is 74.8 Å². The molecule has 2 aliphatic rings. The van der Waals surface area contributed by atoms with Gasteiger partial charge in [-0.25, -0.2) is 9.97 Å². The van der Waals surface area contributed by atoms with Crippen LogP contribution in [0.5, 0.6) is 5.75 Å². The highest BCUT2D eigenvalue weighted by molar-refractivity contribution is 5.64. The van der Waals surface area contributed by atoms with Crippen LogP contribution in [0.15, 0.2) is 54.7 Å². The van der Waals surface area contributed by atoms with Crippen molar-refractivity contribution in [3.8, 4) is 23.1 Å². The maximum Gasteiger partial charge on any atom is 0.137 e. The Kier molecular flexibility index (Phi) is 7.52. The molecule has 2 aromatic carbocycles. The number of hydrogen-bond donors (Lipinski definition) is 0. The molecule has 2 saturated heterocycles. The maximum absolute atomic E-state index is 9.69. The molecular weight excluding hydrogens is 440 g/mol. The number of nitrogens with zero attached hydrogens (tertiary/aromatic N) is 4. The van der Waals surface area contributed by atoms with Crippen molar-refractivity contribution in [2.45, 2.75) is 31.8 Å². The quantitative estimate of drug-likeness (QED) is 0.507. The smallest absolute Gasteiger partial charge is 0.137 e. The number of anilines is 1. The van der Waals surface area contributed by atoms with Crippen LogP contribution in [-0.2, 0) is 15.9 Å². The van der Waals surface area contributed by atoms with Crippen LogP contribution >= 0.6 is 0 Å². The van der Waals surface area contributed by atoms with Gasteiger partial charge in [0, 0.05) is 43.6 Å². The second-order valence-corrected chi connectivity index (χ2v) is 8.92. The third-order valence-corrected chi connectivity index (χ3v) is 6.47. The zero-order chi connectivity index (χ0) is 23.9. The van der Waals surface area contributed by atoms with Gasteiger partial charge in [0.2, 0.25) is 0 Å². The highest BCUT2D eigenvalue weighted by Crippen LogP contribution is 2.26. The lowest BCUT2D eigenvalue weighted by molar-refractivity contribution is -0.0111. The fourth-order valence-electron chi connectivity index (χ4n) is 4.50. The summed E-state index contributed by atoms with van der Waals surface area (Å²) in [6.07, 6.45) is 5.78. The van der Waals surface area contributed by atoms with Gasteiger partial charge >= 0.3 is 0 Å². The van der Waals surface area contributed by atoms with Gasteiger partial charge in [-0.2, -0.15) is 5.26 Å². The Morgan fingerprint density at radius 3 is 2.66 bits per heavy atom. The first-order valence-electron chi connectivity index (χ1n) is 12.3. The van der Waals surface area contributed by atoms with E-state index in [4.69, 9.17) is 19.2 Å². The summed E-state index contributed by atoms with van der Waals surface area (Å²) in [5, 5.41) is 9.69. The summed E-state index contributed by atoms with van der Waals surface area (Å²) < 4.78 is 17.1. The molecule has 5 rings (SSSR count). The number of benzene rings is 2. The van der Waals surface area contributed by atoms with E-state index in [-0.39, 0.29) is 6.10 Å². The average molecular weight is 471 g/mol. The SMILES string of the molecule is N#Cc1cc(-c2ccnc(Cc3ccc(N4CCOCC4)cc3)n2)ccc1OCC1CCCCO1. The van der Waals surface area contributed by atoms with E-state index in [9.17, 15) is 5.26 Å². The molecule has 2 aliphatic heterocycles. The molecule has 3 heterocycles. The topological polar surface area (TPSA) is 80.5 Å². The Morgan fingerprint density at radius 1 is 1.03 bits per heavy atom. The van der Waals surface area contributed by atoms with Crippen LogP contribution in [0.4, 0.5) is 5.69 Å². The second-order valence-electron chi connectivity index (χ2n) is 8.92. The van der Waals surface area contributed by atoms with E-state index < -0.39 is 0 Å². The average Bonchev–Trinajstić information content (AvgIpc) is 2.93. The zero-order valence-electron chi connectivity index (χ0n) is 19.9. The first-order valence-corrected chi connectivity index (χ1v) is 12.3. The van der Waals surface area contributed by atoms with E-state index in [1.807, 2.05) is 24.3 Å². The Balaban J connectivity index is 1.26. The molecule has 2 fully saturated rings. The fraction of sp³-hybridized carbons (Fsp3) is 0.393. The molecule has 0 N–H and O–H groups in total. The molecular formula is C28H30N4O3. The molecule has 1 atom stereocenters. The van der Waals surface area contributed by atoms with Gasteiger partial charge in [0.25, 0.3) is 0 Å². The molecule has 1 unspecified atom stereocenters. The first-order chi connectivity index (χ1) is 17.3. The van der Waals surface area contributed by atoms with Gasteiger partial charge in [0.1, 0.15) is 24.3 Å². The highest BCUT2D eigenvalue weighted by Gasteiger charge is 2.16. The summed E-state index contributed by atoms with van der Waals surface area (Å²) in [6.45, 7) is 4.65. The third kappa shape index (κ3) is 5.97. The Hall–Kier alpha value is -3.47. The lowest BCUT2D eigenvalue weighted by Gasteiger charge is -2.28. The van der Waals surface area contributed by atoms with Crippen molar-refractivity contribution in [2.75, 3.05) is 44.4 Å². The van der Waals surface area contributed by atoms with E-state index in [0.29, 0.717) is 24.3 Å². The van der Waals surface area contributed by atoms with Crippen LogP contribution in [0.2, 0.25) is 0 Å². The lowest BCUT2D eigenvalue weighted by atomic mass is 10.1. The predicted molar refractivity (Wildman–Crippen MR) is 134 cm³/mol. The Labute approximate surface area is 206 Å². The number of ether oxygens (including phenoxy) is 3. The monoisotopic (exact) mass is 470 g/mol. The highest BCUT2D eigenvalue weighted by atomic mass is 16.5. The van der Waals surface area contributed by atoms with Crippen LogP contribution in [0.1, 0.15) is 36.2 Å².